The third kappa shape index (κ3) is 4.67. The molecule has 2 aromatic rings. The number of furan rings is 1. The van der Waals surface area contributed by atoms with Crippen LogP contribution in [0.1, 0.15) is 26.5 Å². The van der Waals surface area contributed by atoms with Crippen molar-refractivity contribution < 1.29 is 28.4 Å². The Labute approximate surface area is 149 Å². The second-order valence-electron chi connectivity index (χ2n) is 5.32. The molecule has 9 nitrogen and oxygen atoms in total. The number of rotatable bonds is 8. The average Bonchev–Trinajstić information content (AvgIpc) is 3.16. The minimum absolute atomic E-state index is 0.00209. The fourth-order valence-corrected chi connectivity index (χ4v) is 2.30. The lowest BCUT2D eigenvalue weighted by atomic mass is 10.1. The fourth-order valence-electron chi connectivity index (χ4n) is 2.30. The first-order valence-corrected chi connectivity index (χ1v) is 7.64. The van der Waals surface area contributed by atoms with Gasteiger partial charge in [0.25, 0.3) is 11.6 Å². The maximum absolute atomic E-state index is 12.9. The number of esters is 1. The predicted molar refractivity (Wildman–Crippen MR) is 89.8 cm³/mol. The first-order valence-electron chi connectivity index (χ1n) is 7.64. The van der Waals surface area contributed by atoms with Gasteiger partial charge in [0.15, 0.2) is 0 Å². The van der Waals surface area contributed by atoms with Crippen LogP contribution in [0.5, 0.6) is 0 Å². The highest BCUT2D eigenvalue weighted by molar-refractivity contribution is 5.99. The third-order valence-electron chi connectivity index (χ3n) is 3.58. The van der Waals surface area contributed by atoms with E-state index in [9.17, 15) is 19.7 Å². The molecule has 9 heteroatoms. The number of benzene rings is 1. The highest BCUT2D eigenvalue weighted by Gasteiger charge is 2.22. The van der Waals surface area contributed by atoms with Crippen LogP contribution in [0.4, 0.5) is 5.69 Å². The van der Waals surface area contributed by atoms with E-state index >= 15 is 0 Å². The van der Waals surface area contributed by atoms with Gasteiger partial charge in [-0.2, -0.15) is 0 Å². The second-order valence-corrected chi connectivity index (χ2v) is 5.32. The van der Waals surface area contributed by atoms with Crippen molar-refractivity contribution in [1.29, 1.82) is 0 Å². The van der Waals surface area contributed by atoms with Gasteiger partial charge < -0.3 is 18.8 Å². The summed E-state index contributed by atoms with van der Waals surface area (Å²) in [4.78, 5) is 36.5. The molecule has 0 unspecified atom stereocenters. The van der Waals surface area contributed by atoms with Crippen LogP contribution in [0, 0.1) is 10.1 Å². The average molecular weight is 362 g/mol. The van der Waals surface area contributed by atoms with E-state index in [-0.39, 0.29) is 36.5 Å². The van der Waals surface area contributed by atoms with E-state index in [1.165, 1.54) is 24.3 Å². The lowest BCUT2D eigenvalue weighted by Crippen LogP contribution is -2.33. The minimum atomic E-state index is -0.766. The summed E-state index contributed by atoms with van der Waals surface area (Å²) in [6.45, 7) is 0.670. The zero-order valence-electron chi connectivity index (χ0n) is 14.3. The van der Waals surface area contributed by atoms with Crippen molar-refractivity contribution in [1.82, 2.24) is 4.90 Å². The molecule has 1 aromatic heterocycles. The first kappa shape index (κ1) is 19.1. The number of amides is 1. The first-order chi connectivity index (χ1) is 12.5. The summed E-state index contributed by atoms with van der Waals surface area (Å²) in [6.07, 6.45) is 1.48. The number of nitro benzene ring substituents is 1. The second kappa shape index (κ2) is 8.77. The number of hydrogen-bond acceptors (Lipinski definition) is 7. The number of nitrogens with zero attached hydrogens (tertiary/aromatic N) is 2. The molecule has 138 valence electrons. The van der Waals surface area contributed by atoms with Crippen LogP contribution in [0.3, 0.4) is 0 Å². The molecular weight excluding hydrogens is 344 g/mol. The number of carbonyl (C=O) groups is 2. The minimum Gasteiger partial charge on any atom is -0.467 e. The van der Waals surface area contributed by atoms with Gasteiger partial charge in [0.2, 0.25) is 0 Å². The summed E-state index contributed by atoms with van der Waals surface area (Å²) in [6, 6.07) is 6.85. The SMILES string of the molecule is COCCN(Cc1ccco1)C(=O)c1cc(C(=O)OC)cc([N+](=O)[O-])c1. The Balaban J connectivity index is 2.37. The number of nitro groups is 1. The number of methoxy groups -OCH3 is 2. The van der Waals surface area contributed by atoms with Gasteiger partial charge in [-0.15, -0.1) is 0 Å². The molecular formula is C17H18N2O7. The molecule has 0 fully saturated rings. The fraction of sp³-hybridized carbons (Fsp3) is 0.294. The quantitative estimate of drug-likeness (QED) is 0.402. The summed E-state index contributed by atoms with van der Waals surface area (Å²) in [5.41, 5.74) is -0.446. The number of ether oxygens (including phenoxy) is 2. The van der Waals surface area contributed by atoms with Crippen molar-refractivity contribution >= 4 is 17.6 Å². The van der Waals surface area contributed by atoms with Crippen LogP contribution >= 0.6 is 0 Å². The monoisotopic (exact) mass is 362 g/mol. The predicted octanol–water partition coefficient (Wildman–Crippen LogP) is 2.26. The lowest BCUT2D eigenvalue weighted by molar-refractivity contribution is -0.384. The van der Waals surface area contributed by atoms with Crippen LogP contribution in [0.15, 0.2) is 41.0 Å². The summed E-state index contributed by atoms with van der Waals surface area (Å²) < 4.78 is 14.9. The molecule has 1 amide bonds. The molecule has 0 aliphatic rings. The third-order valence-corrected chi connectivity index (χ3v) is 3.58. The number of non-ortho nitro benzene ring substituents is 1. The molecule has 0 aliphatic heterocycles. The zero-order chi connectivity index (χ0) is 19.1. The van der Waals surface area contributed by atoms with Crippen LogP contribution < -0.4 is 0 Å². The molecule has 0 bridgehead atoms. The molecule has 0 atom stereocenters. The summed E-state index contributed by atoms with van der Waals surface area (Å²) in [5.74, 6) is -0.711. The summed E-state index contributed by atoms with van der Waals surface area (Å²) in [7, 11) is 2.66. The van der Waals surface area contributed by atoms with Gasteiger partial charge in [-0.1, -0.05) is 0 Å². The Morgan fingerprint density at radius 3 is 2.54 bits per heavy atom. The Kier molecular flexibility index (Phi) is 6.45. The van der Waals surface area contributed by atoms with Gasteiger partial charge in [0.1, 0.15) is 5.76 Å². The molecule has 0 radical (unpaired) electrons. The molecule has 0 saturated heterocycles. The maximum atomic E-state index is 12.9. The van der Waals surface area contributed by atoms with Gasteiger partial charge in [-0.3, -0.25) is 14.9 Å². The Hall–Kier alpha value is -3.20. The zero-order valence-corrected chi connectivity index (χ0v) is 14.3. The molecule has 1 heterocycles. The Bertz CT molecular complexity index is 786. The van der Waals surface area contributed by atoms with Gasteiger partial charge in [0.05, 0.1) is 37.0 Å². The van der Waals surface area contributed by atoms with Crippen molar-refractivity contribution in [3.8, 4) is 0 Å². The van der Waals surface area contributed by atoms with Crippen molar-refractivity contribution in [3.05, 3.63) is 63.6 Å². The number of hydrogen-bond donors (Lipinski definition) is 0. The van der Waals surface area contributed by atoms with Crippen molar-refractivity contribution in [2.75, 3.05) is 27.4 Å². The van der Waals surface area contributed by atoms with Crippen molar-refractivity contribution in [2.24, 2.45) is 0 Å². The van der Waals surface area contributed by atoms with Crippen molar-refractivity contribution in [2.45, 2.75) is 6.54 Å². The van der Waals surface area contributed by atoms with E-state index < -0.39 is 16.8 Å². The van der Waals surface area contributed by atoms with E-state index in [0.29, 0.717) is 5.76 Å². The topological polar surface area (TPSA) is 112 Å². The lowest BCUT2D eigenvalue weighted by Gasteiger charge is -2.21. The van der Waals surface area contributed by atoms with E-state index in [1.807, 2.05) is 0 Å². The smallest absolute Gasteiger partial charge is 0.338 e. The molecule has 0 saturated carbocycles. The maximum Gasteiger partial charge on any atom is 0.338 e. The highest BCUT2D eigenvalue weighted by atomic mass is 16.6. The molecule has 2 rings (SSSR count). The van der Waals surface area contributed by atoms with Gasteiger partial charge >= 0.3 is 5.97 Å². The molecule has 0 spiro atoms. The van der Waals surface area contributed by atoms with Crippen LogP contribution in [0.25, 0.3) is 0 Å². The van der Waals surface area contributed by atoms with Gasteiger partial charge in [-0.05, 0) is 18.2 Å². The number of carbonyl (C=O) groups excluding carboxylic acids is 2. The molecule has 1 aromatic carbocycles. The van der Waals surface area contributed by atoms with E-state index in [4.69, 9.17) is 9.15 Å². The molecule has 26 heavy (non-hydrogen) atoms. The van der Waals surface area contributed by atoms with E-state index in [2.05, 4.69) is 4.74 Å². The highest BCUT2D eigenvalue weighted by Crippen LogP contribution is 2.20. The van der Waals surface area contributed by atoms with Crippen LogP contribution in [-0.2, 0) is 16.0 Å². The van der Waals surface area contributed by atoms with Crippen LogP contribution in [-0.4, -0.2) is 49.1 Å². The van der Waals surface area contributed by atoms with Crippen molar-refractivity contribution in [3.63, 3.8) is 0 Å². The largest absolute Gasteiger partial charge is 0.467 e. The summed E-state index contributed by atoms with van der Waals surface area (Å²) >= 11 is 0. The van der Waals surface area contributed by atoms with Gasteiger partial charge in [0, 0.05) is 31.4 Å². The van der Waals surface area contributed by atoms with E-state index in [1.54, 1.807) is 12.1 Å². The molecule has 0 N–H and O–H groups in total. The van der Waals surface area contributed by atoms with Crippen LogP contribution in [0.2, 0.25) is 0 Å². The molecule has 0 aliphatic carbocycles. The summed E-state index contributed by atoms with van der Waals surface area (Å²) in [5, 5.41) is 11.1. The normalized spacial score (nSPS) is 10.4. The van der Waals surface area contributed by atoms with Gasteiger partial charge in [-0.25, -0.2) is 4.79 Å². The van der Waals surface area contributed by atoms with E-state index in [0.717, 1.165) is 19.2 Å². The Morgan fingerprint density at radius 1 is 1.23 bits per heavy atom. The standard InChI is InChI=1S/C17H18N2O7/c1-24-7-5-18(11-15-4-3-6-26-15)16(20)12-8-13(17(21)25-2)10-14(9-12)19(22)23/h3-4,6,8-10H,5,7,11H2,1-2H3. The Morgan fingerprint density at radius 2 is 1.96 bits per heavy atom.